The molecule has 0 saturated carbocycles. The molecule has 0 bridgehead atoms. The third-order valence-corrected chi connectivity index (χ3v) is 6.43. The van der Waals surface area contributed by atoms with Gasteiger partial charge in [0.1, 0.15) is 5.70 Å². The summed E-state index contributed by atoms with van der Waals surface area (Å²) in [5.74, 6) is -0.528. The molecule has 0 fully saturated rings. The summed E-state index contributed by atoms with van der Waals surface area (Å²) < 4.78 is 0. The minimum absolute atomic E-state index is 0.263. The van der Waals surface area contributed by atoms with Gasteiger partial charge >= 0.3 is 0 Å². The van der Waals surface area contributed by atoms with Gasteiger partial charge in [-0.3, -0.25) is 14.6 Å². The van der Waals surface area contributed by atoms with Gasteiger partial charge in [-0.25, -0.2) is 4.90 Å². The molecule has 0 N–H and O–H groups in total. The van der Waals surface area contributed by atoms with E-state index >= 15 is 0 Å². The van der Waals surface area contributed by atoms with Gasteiger partial charge in [-0.1, -0.05) is 42.8 Å². The van der Waals surface area contributed by atoms with E-state index in [4.69, 9.17) is 0 Å². The summed E-state index contributed by atoms with van der Waals surface area (Å²) in [5, 5.41) is 0. The predicted octanol–water partition coefficient (Wildman–Crippen LogP) is 5.11. The molecule has 3 aromatic rings. The first-order valence-electron chi connectivity index (χ1n) is 11.9. The molecule has 34 heavy (non-hydrogen) atoms. The maximum atomic E-state index is 13.8. The number of aryl methyl sites for hydroxylation is 3. The van der Waals surface area contributed by atoms with Crippen LogP contribution in [0.3, 0.4) is 0 Å². The van der Waals surface area contributed by atoms with Crippen LogP contribution in [-0.4, -0.2) is 34.8 Å². The van der Waals surface area contributed by atoms with Gasteiger partial charge in [-0.2, -0.15) is 0 Å². The summed E-state index contributed by atoms with van der Waals surface area (Å²) in [6.07, 6.45) is 5.21. The molecule has 0 atom stereocenters. The molecule has 0 aliphatic carbocycles. The van der Waals surface area contributed by atoms with E-state index in [0.717, 1.165) is 40.7 Å². The van der Waals surface area contributed by atoms with Crippen LogP contribution in [0.1, 0.15) is 41.7 Å². The molecule has 0 spiro atoms. The summed E-state index contributed by atoms with van der Waals surface area (Å²) in [6.45, 7) is 9.39. The minimum atomic E-state index is -0.265. The number of imide groups is 1. The number of carbonyl (C=O) groups is 2. The summed E-state index contributed by atoms with van der Waals surface area (Å²) in [4.78, 5) is 35.1. The van der Waals surface area contributed by atoms with E-state index in [-0.39, 0.29) is 11.8 Å². The number of aromatic nitrogens is 1. The number of anilines is 1. The Hall–Kier alpha value is -3.73. The normalized spacial score (nSPS) is 13.7. The zero-order valence-electron chi connectivity index (χ0n) is 20.3. The number of hydrogen-bond donors (Lipinski definition) is 0. The number of likely N-dealkylation sites (N-methyl/N-ethyl adjacent to an activating group) is 1. The Bertz CT molecular complexity index is 1230. The molecule has 1 aliphatic rings. The van der Waals surface area contributed by atoms with Crippen molar-refractivity contribution in [1.29, 1.82) is 0 Å². The molecule has 1 aromatic heterocycles. The lowest BCUT2D eigenvalue weighted by molar-refractivity contribution is -0.120. The molecule has 2 aromatic carbocycles. The molecular weight excluding hydrogens is 422 g/mol. The van der Waals surface area contributed by atoms with E-state index in [2.05, 4.69) is 18.0 Å². The van der Waals surface area contributed by atoms with Crippen molar-refractivity contribution in [3.8, 4) is 0 Å². The summed E-state index contributed by atoms with van der Waals surface area (Å²) in [6, 6.07) is 17.7. The van der Waals surface area contributed by atoms with Crippen molar-refractivity contribution in [2.24, 2.45) is 0 Å². The number of hydrogen-bond acceptors (Lipinski definition) is 4. The van der Waals surface area contributed by atoms with E-state index in [1.54, 1.807) is 12.4 Å². The van der Waals surface area contributed by atoms with Crippen molar-refractivity contribution in [2.45, 2.75) is 40.5 Å². The van der Waals surface area contributed by atoms with Crippen molar-refractivity contribution in [2.75, 3.05) is 18.0 Å². The van der Waals surface area contributed by atoms with Gasteiger partial charge in [0, 0.05) is 25.5 Å². The fourth-order valence-electron chi connectivity index (χ4n) is 4.51. The average molecular weight is 454 g/mol. The highest BCUT2D eigenvalue weighted by Crippen LogP contribution is 2.36. The van der Waals surface area contributed by atoms with Crippen molar-refractivity contribution in [3.63, 3.8) is 0 Å². The van der Waals surface area contributed by atoms with Gasteiger partial charge in [0.15, 0.2) is 0 Å². The van der Waals surface area contributed by atoms with Gasteiger partial charge in [-0.05, 0) is 80.1 Å². The molecule has 0 saturated heterocycles. The second-order valence-electron chi connectivity index (χ2n) is 8.69. The lowest BCUT2D eigenvalue weighted by Gasteiger charge is -2.25. The molecule has 1 aliphatic heterocycles. The standard InChI is InChI=1S/C29H31N3O2/c1-5-22-8-10-24(11-9-22)32-28(33)26(25-12-7-20(3)19-21(25)4)27(29(32)34)31(6-2)18-15-23-13-16-30-17-14-23/h7-14,16-17,19H,5-6,15,18H2,1-4H3. The van der Waals surface area contributed by atoms with Crippen LogP contribution < -0.4 is 4.90 Å². The molecule has 2 amide bonds. The molecule has 4 rings (SSSR count). The quantitative estimate of drug-likeness (QED) is 0.445. The molecule has 5 nitrogen and oxygen atoms in total. The van der Waals surface area contributed by atoms with Gasteiger partial charge in [0.2, 0.25) is 0 Å². The Morgan fingerprint density at radius 2 is 1.56 bits per heavy atom. The molecule has 2 heterocycles. The van der Waals surface area contributed by atoms with Crippen LogP contribution in [-0.2, 0) is 22.4 Å². The molecule has 5 heteroatoms. The number of rotatable bonds is 8. The van der Waals surface area contributed by atoms with E-state index < -0.39 is 0 Å². The maximum absolute atomic E-state index is 13.8. The summed E-state index contributed by atoms with van der Waals surface area (Å²) in [5.41, 5.74) is 6.80. The third kappa shape index (κ3) is 4.51. The Morgan fingerprint density at radius 1 is 0.853 bits per heavy atom. The Kier molecular flexibility index (Phi) is 6.92. The Morgan fingerprint density at radius 3 is 2.18 bits per heavy atom. The van der Waals surface area contributed by atoms with Crippen LogP contribution in [0.15, 0.2) is 72.7 Å². The van der Waals surface area contributed by atoms with Crippen molar-refractivity contribution in [3.05, 3.63) is 101 Å². The fourth-order valence-corrected chi connectivity index (χ4v) is 4.51. The van der Waals surface area contributed by atoms with Crippen molar-refractivity contribution in [1.82, 2.24) is 9.88 Å². The number of amides is 2. The van der Waals surface area contributed by atoms with Crippen molar-refractivity contribution < 1.29 is 9.59 Å². The first-order valence-corrected chi connectivity index (χ1v) is 11.9. The molecular formula is C29H31N3O2. The number of carbonyl (C=O) groups excluding carboxylic acids is 2. The fraction of sp³-hybridized carbons (Fsp3) is 0.276. The largest absolute Gasteiger partial charge is 0.366 e. The number of nitrogens with zero attached hydrogens (tertiary/aromatic N) is 3. The lowest BCUT2D eigenvalue weighted by Crippen LogP contribution is -2.36. The topological polar surface area (TPSA) is 53.5 Å². The SMILES string of the molecule is CCc1ccc(N2C(=O)C(c3ccc(C)cc3C)=C(N(CC)CCc3ccncc3)C2=O)cc1. The van der Waals surface area contributed by atoms with Crippen LogP contribution in [0.25, 0.3) is 5.57 Å². The Balaban J connectivity index is 1.78. The monoisotopic (exact) mass is 453 g/mol. The van der Waals surface area contributed by atoms with Crippen LogP contribution >= 0.6 is 0 Å². The molecule has 174 valence electrons. The maximum Gasteiger partial charge on any atom is 0.282 e. The molecule has 0 unspecified atom stereocenters. The van der Waals surface area contributed by atoms with Gasteiger partial charge < -0.3 is 4.90 Å². The van der Waals surface area contributed by atoms with E-state index in [9.17, 15) is 9.59 Å². The minimum Gasteiger partial charge on any atom is -0.366 e. The second kappa shape index (κ2) is 10.0. The highest BCUT2D eigenvalue weighted by atomic mass is 16.2. The lowest BCUT2D eigenvalue weighted by atomic mass is 9.97. The van der Waals surface area contributed by atoms with Crippen LogP contribution in [0.4, 0.5) is 5.69 Å². The summed E-state index contributed by atoms with van der Waals surface area (Å²) >= 11 is 0. The number of benzene rings is 2. The second-order valence-corrected chi connectivity index (χ2v) is 8.69. The van der Waals surface area contributed by atoms with Crippen LogP contribution in [0, 0.1) is 13.8 Å². The zero-order valence-corrected chi connectivity index (χ0v) is 20.3. The first kappa shape index (κ1) is 23.4. The first-order chi connectivity index (χ1) is 16.4. The highest BCUT2D eigenvalue weighted by Gasteiger charge is 2.42. The third-order valence-electron chi connectivity index (χ3n) is 6.43. The van der Waals surface area contributed by atoms with E-state index in [1.165, 1.54) is 4.90 Å². The van der Waals surface area contributed by atoms with Gasteiger partial charge in [-0.15, -0.1) is 0 Å². The summed E-state index contributed by atoms with van der Waals surface area (Å²) in [7, 11) is 0. The Labute approximate surface area is 201 Å². The highest BCUT2D eigenvalue weighted by molar-refractivity contribution is 6.45. The van der Waals surface area contributed by atoms with Crippen LogP contribution in [0.2, 0.25) is 0 Å². The van der Waals surface area contributed by atoms with Gasteiger partial charge in [0.25, 0.3) is 11.8 Å². The van der Waals surface area contributed by atoms with E-state index in [1.807, 2.05) is 74.2 Å². The smallest absolute Gasteiger partial charge is 0.282 e. The van der Waals surface area contributed by atoms with E-state index in [0.29, 0.717) is 30.0 Å². The average Bonchev–Trinajstić information content (AvgIpc) is 3.10. The zero-order chi connectivity index (χ0) is 24.2. The van der Waals surface area contributed by atoms with Crippen LogP contribution in [0.5, 0.6) is 0 Å². The van der Waals surface area contributed by atoms with Gasteiger partial charge in [0.05, 0.1) is 11.3 Å². The number of pyridine rings is 1. The predicted molar refractivity (Wildman–Crippen MR) is 136 cm³/mol. The molecule has 0 radical (unpaired) electrons. The van der Waals surface area contributed by atoms with Crippen molar-refractivity contribution >= 4 is 23.1 Å².